The maximum absolute atomic E-state index is 9.64. The fourth-order valence-electron chi connectivity index (χ4n) is 1.57. The van der Waals surface area contributed by atoms with Crippen LogP contribution in [0.2, 0.25) is 0 Å². The van der Waals surface area contributed by atoms with Crippen molar-refractivity contribution >= 4 is 23.3 Å². The van der Waals surface area contributed by atoms with Gasteiger partial charge in [0.05, 0.1) is 12.8 Å². The maximum atomic E-state index is 9.64. The Balaban J connectivity index is 0. The van der Waals surface area contributed by atoms with Gasteiger partial charge in [-0.25, -0.2) is 0 Å². The zero-order valence-corrected chi connectivity index (χ0v) is 14.9. The molecule has 0 aliphatic heterocycles. The average Bonchev–Trinajstić information content (AvgIpc) is 2.48. The number of carbonyl (C=O) groups is 2. The number of carboxylic acids is 2. The van der Waals surface area contributed by atoms with E-state index in [0.717, 1.165) is 22.5 Å². The number of rotatable bonds is 4. The van der Waals surface area contributed by atoms with Gasteiger partial charge in [-0.15, -0.1) is 0 Å². The van der Waals surface area contributed by atoms with Crippen LogP contribution in [0.3, 0.4) is 0 Å². The molecule has 118 valence electrons. The molecule has 2 aromatic carbocycles. The van der Waals surface area contributed by atoms with Gasteiger partial charge in [-0.05, 0) is 35.4 Å². The Morgan fingerprint density at radius 1 is 0.739 bits per heavy atom. The van der Waals surface area contributed by atoms with Crippen molar-refractivity contribution in [3.63, 3.8) is 0 Å². The molecule has 0 unspecified atom stereocenters. The molecule has 23 heavy (non-hydrogen) atoms. The molecule has 0 spiro atoms. The second-order valence-corrected chi connectivity index (χ2v) is 4.53. The molecular formula is C16H19N2NaO4. The molecule has 0 saturated heterocycles. The fraction of sp³-hybridized carbons (Fsp3) is 0.125. The molecule has 0 saturated carbocycles. The van der Waals surface area contributed by atoms with E-state index in [1.807, 2.05) is 48.5 Å². The molecule has 0 atom stereocenters. The van der Waals surface area contributed by atoms with Crippen LogP contribution in [0, 0.1) is 0 Å². The summed E-state index contributed by atoms with van der Waals surface area (Å²) < 4.78 is 0. The van der Waals surface area contributed by atoms with E-state index in [1.165, 1.54) is 0 Å². The number of anilines is 2. The van der Waals surface area contributed by atoms with Crippen molar-refractivity contribution in [3.05, 3.63) is 48.5 Å². The third kappa shape index (κ3) is 8.87. The smallest absolute Gasteiger partial charge is 1.00 e. The van der Waals surface area contributed by atoms with Gasteiger partial charge in [0.25, 0.3) is 0 Å². The van der Waals surface area contributed by atoms with Crippen molar-refractivity contribution in [1.82, 2.24) is 0 Å². The topological polar surface area (TPSA) is 127 Å². The van der Waals surface area contributed by atoms with Crippen LogP contribution in [0.5, 0.6) is 0 Å². The zero-order chi connectivity index (χ0) is 16.5. The predicted molar refractivity (Wildman–Crippen MR) is 86.3 cm³/mol. The molecule has 0 heterocycles. The molecule has 6 nitrogen and oxygen atoms in total. The van der Waals surface area contributed by atoms with Crippen molar-refractivity contribution in [3.8, 4) is 11.1 Å². The minimum absolute atomic E-state index is 0. The number of aliphatic carboxylic acids is 2. The number of hydrogen-bond donors (Lipinski definition) is 4. The molecule has 0 bridgehead atoms. The van der Waals surface area contributed by atoms with Crippen LogP contribution in [0.15, 0.2) is 48.5 Å². The molecule has 0 aliphatic rings. The van der Waals surface area contributed by atoms with Crippen LogP contribution in [0.25, 0.3) is 11.1 Å². The minimum atomic E-state index is -1.08. The number of nitrogen functional groups attached to an aromatic ring is 2. The molecule has 0 aromatic heterocycles. The van der Waals surface area contributed by atoms with Crippen LogP contribution in [0.4, 0.5) is 11.4 Å². The summed E-state index contributed by atoms with van der Waals surface area (Å²) in [6, 6.07) is 15.6. The molecule has 0 radical (unpaired) electrons. The van der Waals surface area contributed by atoms with Crippen LogP contribution in [-0.2, 0) is 9.59 Å². The molecular weight excluding hydrogens is 307 g/mol. The first-order valence-electron chi connectivity index (χ1n) is 6.53. The summed E-state index contributed by atoms with van der Waals surface area (Å²) in [6.45, 7) is 0. The third-order valence-corrected chi connectivity index (χ3v) is 2.71. The Morgan fingerprint density at radius 2 is 1.00 bits per heavy atom. The quantitative estimate of drug-likeness (QED) is 0.446. The van der Waals surface area contributed by atoms with Crippen LogP contribution in [0.1, 0.15) is 14.3 Å². The van der Waals surface area contributed by atoms with E-state index in [2.05, 4.69) is 0 Å². The zero-order valence-electron chi connectivity index (χ0n) is 13.9. The molecule has 2 rings (SSSR count). The molecule has 2 aromatic rings. The standard InChI is InChI=1S/C12H12N2.C4H6O4.Na.H/c13-11-5-1-9(2-6-11)10-3-7-12(14)8-4-10;5-3(6)1-2-4(7)8;;/h1-8H,13-14H2;1-2H2,(H,5,6)(H,7,8);;/q;;+1;-1. The van der Waals surface area contributed by atoms with Gasteiger partial charge < -0.3 is 23.1 Å². The van der Waals surface area contributed by atoms with Crippen molar-refractivity contribution < 1.29 is 50.8 Å². The van der Waals surface area contributed by atoms with Gasteiger partial charge in [0.1, 0.15) is 0 Å². The Bertz CT molecular complexity index is 576. The van der Waals surface area contributed by atoms with E-state index in [0.29, 0.717) is 0 Å². The molecule has 6 N–H and O–H groups in total. The molecule has 0 amide bonds. The van der Waals surface area contributed by atoms with E-state index in [9.17, 15) is 9.59 Å². The largest absolute Gasteiger partial charge is 1.00 e. The van der Waals surface area contributed by atoms with E-state index in [4.69, 9.17) is 21.7 Å². The average molecular weight is 326 g/mol. The van der Waals surface area contributed by atoms with Gasteiger partial charge in [-0.1, -0.05) is 24.3 Å². The second-order valence-electron chi connectivity index (χ2n) is 4.53. The van der Waals surface area contributed by atoms with Gasteiger partial charge in [-0.2, -0.15) is 0 Å². The van der Waals surface area contributed by atoms with Crippen LogP contribution in [-0.4, -0.2) is 22.2 Å². The normalized spacial score (nSPS) is 9.04. The second kappa shape index (κ2) is 10.7. The van der Waals surface area contributed by atoms with E-state index in [1.54, 1.807) is 0 Å². The number of hydrogen-bond acceptors (Lipinski definition) is 4. The first-order chi connectivity index (χ1) is 10.4. The maximum Gasteiger partial charge on any atom is 1.00 e. The fourth-order valence-corrected chi connectivity index (χ4v) is 1.57. The summed E-state index contributed by atoms with van der Waals surface area (Å²) in [5, 5.41) is 15.8. The summed E-state index contributed by atoms with van der Waals surface area (Å²) in [5.41, 5.74) is 15.1. The summed E-state index contributed by atoms with van der Waals surface area (Å²) in [6.07, 6.45) is -0.593. The molecule has 7 heteroatoms. The first kappa shape index (κ1) is 21.0. The van der Waals surface area contributed by atoms with Gasteiger partial charge >= 0.3 is 41.5 Å². The Hall–Kier alpha value is -2.02. The molecule has 0 aliphatic carbocycles. The Morgan fingerprint density at radius 3 is 1.22 bits per heavy atom. The van der Waals surface area contributed by atoms with E-state index >= 15 is 0 Å². The summed E-state index contributed by atoms with van der Waals surface area (Å²) in [5.74, 6) is -2.15. The van der Waals surface area contributed by atoms with Crippen molar-refractivity contribution in [1.29, 1.82) is 0 Å². The SMILES string of the molecule is Nc1ccc(-c2ccc(N)cc2)cc1.O=C(O)CCC(=O)O.[H-].[Na+]. The van der Waals surface area contributed by atoms with Gasteiger partial charge in [0.15, 0.2) is 0 Å². The van der Waals surface area contributed by atoms with Crippen molar-refractivity contribution in [2.75, 3.05) is 11.5 Å². The van der Waals surface area contributed by atoms with E-state index < -0.39 is 11.9 Å². The first-order valence-corrected chi connectivity index (χ1v) is 6.53. The van der Waals surface area contributed by atoms with E-state index in [-0.39, 0.29) is 43.8 Å². The molecule has 0 fully saturated rings. The van der Waals surface area contributed by atoms with Gasteiger partial charge in [-0.3, -0.25) is 9.59 Å². The minimum Gasteiger partial charge on any atom is -1.00 e. The monoisotopic (exact) mass is 326 g/mol. The summed E-state index contributed by atoms with van der Waals surface area (Å²) in [7, 11) is 0. The Labute approximate surface area is 157 Å². The summed E-state index contributed by atoms with van der Waals surface area (Å²) >= 11 is 0. The number of carboxylic acid groups (broad SMARTS) is 2. The Kier molecular flexibility index (Phi) is 9.73. The van der Waals surface area contributed by atoms with Gasteiger partial charge in [0, 0.05) is 11.4 Å². The van der Waals surface area contributed by atoms with Gasteiger partial charge in [0.2, 0.25) is 0 Å². The third-order valence-electron chi connectivity index (χ3n) is 2.71. The summed E-state index contributed by atoms with van der Waals surface area (Å²) in [4.78, 5) is 19.3. The van der Waals surface area contributed by atoms with Crippen molar-refractivity contribution in [2.24, 2.45) is 0 Å². The predicted octanol–water partition coefficient (Wildman–Crippen LogP) is -0.430. The number of nitrogens with two attached hydrogens (primary N) is 2. The van der Waals surface area contributed by atoms with Crippen molar-refractivity contribution in [2.45, 2.75) is 12.8 Å². The van der Waals surface area contributed by atoms with Crippen LogP contribution < -0.4 is 41.0 Å². The number of benzene rings is 2. The van der Waals surface area contributed by atoms with Crippen LogP contribution >= 0.6 is 0 Å².